The van der Waals surface area contributed by atoms with Crippen molar-refractivity contribution in [2.75, 3.05) is 59.5 Å². The zero-order valence-electron chi connectivity index (χ0n) is 35.6. The Hall–Kier alpha value is -4.43. The van der Waals surface area contributed by atoms with Crippen molar-refractivity contribution >= 4 is 34.5 Å². The van der Waals surface area contributed by atoms with Crippen LogP contribution in [0.15, 0.2) is 48.6 Å². The summed E-state index contributed by atoms with van der Waals surface area (Å²) in [6, 6.07) is 11.2. The van der Waals surface area contributed by atoms with Crippen molar-refractivity contribution in [3.63, 3.8) is 0 Å². The number of aliphatic hydroxyl groups is 1. The molecule has 2 N–H and O–H groups in total. The van der Waals surface area contributed by atoms with Gasteiger partial charge in [0.2, 0.25) is 5.60 Å². The lowest BCUT2D eigenvalue weighted by Gasteiger charge is -2.63. The molecule has 13 heteroatoms. The van der Waals surface area contributed by atoms with Gasteiger partial charge in [-0.2, -0.15) is 0 Å². The number of nitrogens with one attached hydrogen (secondary N) is 1. The Morgan fingerprint density at radius 3 is 2.50 bits per heavy atom. The number of nitrogens with zero attached hydrogens (tertiary/aromatic N) is 3. The number of carbonyl (C=O) groups excluding carboxylic acids is 3. The predicted octanol–water partition coefficient (Wildman–Crippen LogP) is 4.15. The van der Waals surface area contributed by atoms with Crippen molar-refractivity contribution in [3.8, 4) is 5.75 Å². The van der Waals surface area contributed by atoms with E-state index in [1.54, 1.807) is 7.11 Å². The van der Waals surface area contributed by atoms with Crippen molar-refractivity contribution in [2.24, 2.45) is 11.3 Å². The Labute approximate surface area is 350 Å². The number of benzene rings is 2. The van der Waals surface area contributed by atoms with E-state index in [4.69, 9.17) is 23.7 Å². The highest BCUT2D eigenvalue weighted by molar-refractivity contribution is 5.96. The Morgan fingerprint density at radius 2 is 1.78 bits per heavy atom. The molecule has 2 spiro atoms. The van der Waals surface area contributed by atoms with Gasteiger partial charge in [0.25, 0.3) is 0 Å². The molecule has 6 aliphatic heterocycles. The highest BCUT2D eigenvalue weighted by Gasteiger charge is 2.82. The van der Waals surface area contributed by atoms with E-state index in [1.807, 2.05) is 37.1 Å². The van der Waals surface area contributed by atoms with Crippen LogP contribution in [0, 0.1) is 11.3 Å². The summed E-state index contributed by atoms with van der Waals surface area (Å²) in [5.41, 5.74) is -1.48. The zero-order chi connectivity index (χ0) is 41.9. The van der Waals surface area contributed by atoms with Gasteiger partial charge in [-0.1, -0.05) is 44.2 Å². The number of carbonyl (C=O) groups is 3. The summed E-state index contributed by atoms with van der Waals surface area (Å²) in [6.45, 7) is 8.67. The molecular formula is C47H56N4O9. The molecule has 2 aliphatic carbocycles. The van der Waals surface area contributed by atoms with Crippen LogP contribution in [0.3, 0.4) is 0 Å². The number of anilines is 1. The highest BCUT2D eigenvalue weighted by atomic mass is 16.6. The molecule has 8 aliphatic rings. The first-order valence-electron chi connectivity index (χ1n) is 21.8. The van der Waals surface area contributed by atoms with Crippen LogP contribution in [0.4, 0.5) is 5.69 Å². The van der Waals surface area contributed by atoms with Crippen LogP contribution in [0.2, 0.25) is 0 Å². The highest BCUT2D eigenvalue weighted by Crippen LogP contribution is 2.71. The van der Waals surface area contributed by atoms with E-state index in [0.29, 0.717) is 43.2 Å². The maximum atomic E-state index is 15.7. The summed E-state index contributed by atoms with van der Waals surface area (Å²) in [6.07, 6.45) is 6.64. The Kier molecular flexibility index (Phi) is 7.93. The van der Waals surface area contributed by atoms with E-state index in [0.717, 1.165) is 72.2 Å². The van der Waals surface area contributed by atoms with E-state index < -0.39 is 69.1 Å². The second-order valence-corrected chi connectivity index (χ2v) is 19.1. The van der Waals surface area contributed by atoms with Gasteiger partial charge in [-0.25, -0.2) is 4.79 Å². The minimum Gasteiger partial charge on any atom is -0.496 e. The lowest BCUT2D eigenvalue weighted by molar-refractivity contribution is -0.228. The smallest absolute Gasteiger partial charge is 0.344 e. The minimum atomic E-state index is -2.30. The second kappa shape index (κ2) is 12.4. The average molecular weight is 821 g/mol. The summed E-state index contributed by atoms with van der Waals surface area (Å²) < 4.78 is 31.8. The third-order valence-electron chi connectivity index (χ3n) is 17.3. The maximum absolute atomic E-state index is 15.7. The van der Waals surface area contributed by atoms with Crippen LogP contribution in [-0.2, 0) is 50.6 Å². The fraction of sp³-hybridized carbons (Fsp3) is 0.596. The first kappa shape index (κ1) is 38.5. The molecule has 0 amide bonds. The second-order valence-electron chi connectivity index (χ2n) is 19.1. The molecule has 11 rings (SSSR count). The number of aromatic nitrogens is 1. The molecule has 2 saturated carbocycles. The van der Waals surface area contributed by atoms with Gasteiger partial charge in [-0.3, -0.25) is 19.4 Å². The molecule has 0 radical (unpaired) electrons. The van der Waals surface area contributed by atoms with Gasteiger partial charge < -0.3 is 38.7 Å². The number of aromatic amines is 1. The Bertz CT molecular complexity index is 2420. The third kappa shape index (κ3) is 4.08. The first-order chi connectivity index (χ1) is 28.8. The van der Waals surface area contributed by atoms with Crippen LogP contribution >= 0.6 is 0 Å². The van der Waals surface area contributed by atoms with Gasteiger partial charge in [0.15, 0.2) is 11.5 Å². The van der Waals surface area contributed by atoms with Gasteiger partial charge in [-0.15, -0.1) is 0 Å². The van der Waals surface area contributed by atoms with Gasteiger partial charge in [0.1, 0.15) is 11.9 Å². The predicted molar refractivity (Wildman–Crippen MR) is 221 cm³/mol. The Balaban J connectivity index is 1.25. The van der Waals surface area contributed by atoms with E-state index in [9.17, 15) is 14.7 Å². The molecule has 318 valence electrons. The molecule has 3 aromatic rings. The largest absolute Gasteiger partial charge is 0.496 e. The van der Waals surface area contributed by atoms with Gasteiger partial charge >= 0.3 is 17.9 Å². The lowest BCUT2D eigenvalue weighted by atomic mass is 9.47. The number of likely N-dealkylation sites (N-methyl/N-ethyl adjacent to an activating group) is 1. The third-order valence-corrected chi connectivity index (χ3v) is 17.3. The monoisotopic (exact) mass is 820 g/mol. The zero-order valence-corrected chi connectivity index (χ0v) is 35.6. The van der Waals surface area contributed by atoms with Crippen LogP contribution < -0.4 is 9.64 Å². The standard InChI is InChI=1S/C47H56N4O9/c1-8-42-23-27-24-51-19-15-29-28-13-10-11-14-32(28)48-35(29)46(40(53)57-6,39(60-42)45(27,51)25-42)31-21-30-33(22-34(31)56-5)49(4)37-44(30)17-20-50-18-12-16-43(9-2,36(44)50)38(59-26(3)52)47(37,55)41(54)58-7/h10-14,16,21-22,27,36-39,48,55H,8-9,15,17-20,23-25H2,1-7H3/t27?,36?,37?,38-,39?,42?,43?,44?,45?,46+,47+/m1/s1. The molecule has 11 atom stereocenters. The van der Waals surface area contributed by atoms with Crippen LogP contribution in [0.1, 0.15) is 75.3 Å². The average Bonchev–Trinajstić information content (AvgIpc) is 4.04. The molecule has 13 nitrogen and oxygen atoms in total. The van der Waals surface area contributed by atoms with E-state index in [2.05, 4.69) is 52.1 Å². The number of esters is 3. The molecule has 3 saturated heterocycles. The van der Waals surface area contributed by atoms with E-state index in [-0.39, 0.29) is 6.04 Å². The van der Waals surface area contributed by atoms with Crippen LogP contribution in [-0.4, -0.2) is 133 Å². The van der Waals surface area contributed by atoms with Crippen molar-refractivity contribution in [2.45, 2.75) is 111 Å². The summed E-state index contributed by atoms with van der Waals surface area (Å²) in [4.78, 5) is 54.1. The number of hydrogen-bond acceptors (Lipinski definition) is 12. The number of rotatable bonds is 7. The quantitative estimate of drug-likeness (QED) is 0.201. The summed E-state index contributed by atoms with van der Waals surface area (Å²) in [5.74, 6) is -1.07. The number of H-pyrrole nitrogens is 1. The van der Waals surface area contributed by atoms with E-state index in [1.165, 1.54) is 21.1 Å². The van der Waals surface area contributed by atoms with Crippen molar-refractivity contribution < 1.29 is 43.2 Å². The number of methoxy groups -OCH3 is 3. The molecule has 5 fully saturated rings. The molecule has 7 heterocycles. The van der Waals surface area contributed by atoms with Crippen molar-refractivity contribution in [1.29, 1.82) is 0 Å². The lowest BCUT2D eigenvalue weighted by Crippen LogP contribution is -2.81. The number of para-hydroxylation sites is 1. The maximum Gasteiger partial charge on any atom is 0.344 e. The van der Waals surface area contributed by atoms with Crippen LogP contribution in [0.25, 0.3) is 10.9 Å². The number of fused-ring (bicyclic) bond motifs is 5. The molecule has 2 bridgehead atoms. The fourth-order valence-electron chi connectivity index (χ4n) is 15.3. The molecule has 60 heavy (non-hydrogen) atoms. The normalized spacial score (nSPS) is 40.4. The summed E-state index contributed by atoms with van der Waals surface area (Å²) in [5, 5.41) is 14.5. The molecular weight excluding hydrogens is 765 g/mol. The topological polar surface area (TPSA) is 143 Å². The van der Waals surface area contributed by atoms with Crippen molar-refractivity contribution in [1.82, 2.24) is 14.8 Å². The van der Waals surface area contributed by atoms with Gasteiger partial charge in [0.05, 0.1) is 38.5 Å². The molecule has 1 aromatic heterocycles. The van der Waals surface area contributed by atoms with Crippen LogP contribution in [0.5, 0.6) is 5.75 Å². The fourth-order valence-corrected chi connectivity index (χ4v) is 15.3. The van der Waals surface area contributed by atoms with Crippen molar-refractivity contribution in [3.05, 3.63) is 70.9 Å². The number of ether oxygens (including phenoxy) is 5. The number of hydrogen-bond donors (Lipinski definition) is 2. The Morgan fingerprint density at radius 1 is 1.00 bits per heavy atom. The summed E-state index contributed by atoms with van der Waals surface area (Å²) in [7, 11) is 6.25. The SMILES string of the molecule is CCC12CC3CN4CCc5c([nH]c6ccccc56)[C@@](C(=O)OC)(c5cc6c(cc5OC)N(C)C5C67CCN6CC=CC(CC)(C67)[C@@H](OC(C)=O)[C@]5(O)C(=O)OC)C(O1)C34C2. The first-order valence-corrected chi connectivity index (χ1v) is 21.8. The van der Waals surface area contributed by atoms with E-state index >= 15 is 4.79 Å². The minimum absolute atomic E-state index is 0.300. The molecule has 2 aromatic carbocycles. The van der Waals surface area contributed by atoms with Gasteiger partial charge in [-0.05, 0) is 74.2 Å². The molecule has 8 unspecified atom stereocenters. The van der Waals surface area contributed by atoms with Gasteiger partial charge in [0, 0.05) is 84.4 Å². The summed E-state index contributed by atoms with van der Waals surface area (Å²) >= 11 is 0.